The standard InChI is InChI=1S/C51H32N4O/c1-3-13-33(14-4-1)34-25-27-36(28-26-34)49-52-50(54-51(53-49)43-21-12-24-46-47(43)42-18-8-10-23-45(42)56-46)37-29-31-38(32-30-37)55-44-22-9-7-17-40(44)41-20-11-19-39(48(41)55)35-15-5-2-6-16-35/h1-32H/i2D,5D,6D,7D,9D,15D,16D,17D,22D. The summed E-state index contributed by atoms with van der Waals surface area (Å²) in [4.78, 5) is 15.2. The van der Waals surface area contributed by atoms with E-state index in [-0.39, 0.29) is 34.1 Å². The molecule has 5 heteroatoms. The Kier molecular flexibility index (Phi) is 5.57. The normalized spacial score (nSPS) is 13.8. The summed E-state index contributed by atoms with van der Waals surface area (Å²) in [5, 5.41) is 2.44. The lowest BCUT2D eigenvalue weighted by molar-refractivity contribution is 0.669. The van der Waals surface area contributed by atoms with Crippen molar-refractivity contribution in [3.63, 3.8) is 0 Å². The minimum Gasteiger partial charge on any atom is -0.456 e. The van der Waals surface area contributed by atoms with E-state index in [1.165, 1.54) is 0 Å². The van der Waals surface area contributed by atoms with Crippen LogP contribution in [0.1, 0.15) is 12.3 Å². The summed E-state index contributed by atoms with van der Waals surface area (Å²) in [5.41, 5.74) is 6.92. The first-order chi connectivity index (χ1) is 31.5. The van der Waals surface area contributed by atoms with Crippen LogP contribution >= 0.6 is 0 Å². The molecule has 0 amide bonds. The Labute approximate surface area is 335 Å². The topological polar surface area (TPSA) is 56.7 Å². The Morgan fingerprint density at radius 3 is 1.80 bits per heavy atom. The lowest BCUT2D eigenvalue weighted by Gasteiger charge is -2.13. The van der Waals surface area contributed by atoms with Crippen molar-refractivity contribution in [1.29, 1.82) is 0 Å². The average Bonchev–Trinajstić information content (AvgIpc) is 3.91. The zero-order valence-electron chi connectivity index (χ0n) is 38.5. The number of rotatable bonds is 6. The molecule has 56 heavy (non-hydrogen) atoms. The molecule has 0 radical (unpaired) electrons. The molecule has 0 unspecified atom stereocenters. The third-order valence-electron chi connectivity index (χ3n) is 10.1. The second-order valence-corrected chi connectivity index (χ2v) is 13.3. The summed E-state index contributed by atoms with van der Waals surface area (Å²) in [6, 6.07) is 40.2. The van der Waals surface area contributed by atoms with Crippen molar-refractivity contribution in [3.8, 4) is 62.1 Å². The maximum atomic E-state index is 9.15. The number of aromatic nitrogens is 4. The predicted molar refractivity (Wildman–Crippen MR) is 229 cm³/mol. The Balaban J connectivity index is 1.13. The van der Waals surface area contributed by atoms with Gasteiger partial charge in [0, 0.05) is 49.5 Å². The van der Waals surface area contributed by atoms with Gasteiger partial charge in [-0.1, -0.05) is 151 Å². The molecule has 0 fully saturated rings. The third kappa shape index (κ3) is 5.29. The fourth-order valence-corrected chi connectivity index (χ4v) is 7.53. The van der Waals surface area contributed by atoms with Gasteiger partial charge in [0.25, 0.3) is 0 Å². The minimum atomic E-state index is -0.532. The second kappa shape index (κ2) is 13.0. The van der Waals surface area contributed by atoms with Crippen molar-refractivity contribution in [2.45, 2.75) is 0 Å². The first-order valence-electron chi connectivity index (χ1n) is 22.5. The molecule has 3 heterocycles. The van der Waals surface area contributed by atoms with Gasteiger partial charge in [0.05, 0.1) is 23.4 Å². The number of furan rings is 1. The Bertz CT molecular complexity index is 3730. The van der Waals surface area contributed by atoms with Gasteiger partial charge in [-0.05, 0) is 59.1 Å². The molecule has 0 bridgehead atoms. The number of fused-ring (bicyclic) bond motifs is 6. The molecule has 0 aliphatic carbocycles. The highest BCUT2D eigenvalue weighted by Gasteiger charge is 2.19. The van der Waals surface area contributed by atoms with Crippen LogP contribution in [0.4, 0.5) is 0 Å². The predicted octanol–water partition coefficient (Wildman–Crippen LogP) is 13.2. The average molecular weight is 726 g/mol. The van der Waals surface area contributed by atoms with E-state index in [4.69, 9.17) is 31.7 Å². The van der Waals surface area contributed by atoms with Gasteiger partial charge >= 0.3 is 0 Å². The molecule has 0 aliphatic rings. The van der Waals surface area contributed by atoms with Gasteiger partial charge in [0.2, 0.25) is 0 Å². The molecule has 3 aromatic heterocycles. The molecule has 11 aromatic rings. The van der Waals surface area contributed by atoms with E-state index < -0.39 is 42.3 Å². The number of para-hydroxylation sites is 3. The first-order valence-corrected chi connectivity index (χ1v) is 18.0. The summed E-state index contributed by atoms with van der Waals surface area (Å²) in [7, 11) is 0. The highest BCUT2D eigenvalue weighted by atomic mass is 16.3. The quantitative estimate of drug-likeness (QED) is 0.171. The largest absolute Gasteiger partial charge is 0.456 e. The molecular formula is C51H32N4O. The van der Waals surface area contributed by atoms with Crippen LogP contribution in [0.2, 0.25) is 0 Å². The van der Waals surface area contributed by atoms with Gasteiger partial charge in [-0.15, -0.1) is 0 Å². The molecule has 0 aliphatic heterocycles. The van der Waals surface area contributed by atoms with E-state index in [0.717, 1.165) is 38.6 Å². The molecule has 5 nitrogen and oxygen atoms in total. The van der Waals surface area contributed by atoms with Gasteiger partial charge in [0.1, 0.15) is 11.2 Å². The minimum absolute atomic E-state index is 0.0556. The van der Waals surface area contributed by atoms with Crippen molar-refractivity contribution >= 4 is 43.7 Å². The Morgan fingerprint density at radius 1 is 0.411 bits per heavy atom. The molecule has 0 N–H and O–H groups in total. The Morgan fingerprint density at radius 2 is 1.00 bits per heavy atom. The first kappa shape index (κ1) is 23.9. The van der Waals surface area contributed by atoms with Crippen molar-refractivity contribution in [3.05, 3.63) is 194 Å². The van der Waals surface area contributed by atoms with Crippen molar-refractivity contribution in [2.24, 2.45) is 0 Å². The lowest BCUT2D eigenvalue weighted by Crippen LogP contribution is -2.01. The fraction of sp³-hybridized carbons (Fsp3) is 0. The summed E-state index contributed by atoms with van der Waals surface area (Å²) >= 11 is 0. The van der Waals surface area contributed by atoms with Gasteiger partial charge < -0.3 is 8.98 Å². The lowest BCUT2D eigenvalue weighted by atomic mass is 10.0. The van der Waals surface area contributed by atoms with E-state index in [9.17, 15) is 0 Å². The van der Waals surface area contributed by atoms with Crippen molar-refractivity contribution in [1.82, 2.24) is 19.5 Å². The summed E-state index contributed by atoms with van der Waals surface area (Å²) in [5.74, 6) is 1.25. The van der Waals surface area contributed by atoms with E-state index >= 15 is 0 Å². The highest BCUT2D eigenvalue weighted by molar-refractivity contribution is 6.14. The maximum absolute atomic E-state index is 9.15. The van der Waals surface area contributed by atoms with Gasteiger partial charge in [-0.25, -0.2) is 15.0 Å². The van der Waals surface area contributed by atoms with Crippen LogP contribution in [0.3, 0.4) is 0 Å². The smallest absolute Gasteiger partial charge is 0.164 e. The third-order valence-corrected chi connectivity index (χ3v) is 10.1. The second-order valence-electron chi connectivity index (χ2n) is 13.3. The summed E-state index contributed by atoms with van der Waals surface area (Å²) < 4.78 is 86.2. The number of hydrogen-bond donors (Lipinski definition) is 0. The van der Waals surface area contributed by atoms with Crippen LogP contribution in [0.25, 0.3) is 106 Å². The van der Waals surface area contributed by atoms with Crippen LogP contribution in [-0.2, 0) is 0 Å². The van der Waals surface area contributed by atoms with Gasteiger partial charge in [-0.3, -0.25) is 0 Å². The van der Waals surface area contributed by atoms with E-state index in [2.05, 4.69) is 12.1 Å². The van der Waals surface area contributed by atoms with Gasteiger partial charge in [0.15, 0.2) is 17.5 Å². The molecule has 0 atom stereocenters. The zero-order valence-corrected chi connectivity index (χ0v) is 29.5. The molecular weight excluding hydrogens is 685 g/mol. The molecule has 0 saturated heterocycles. The SMILES string of the molecule is [2H]c1c([2H])c([2H])c(-c2cccc3c4c([2H])c([2H])c([2H])c([2H])c4n(-c4ccc(-c5nc(-c6ccc(-c7ccccc7)cc6)nc(-c6cccc7oc8ccccc8c67)n5)cc4)c23)c([2H])c1[2H]. The van der Waals surface area contributed by atoms with Crippen LogP contribution in [0.15, 0.2) is 198 Å². The van der Waals surface area contributed by atoms with Crippen molar-refractivity contribution in [2.75, 3.05) is 0 Å². The van der Waals surface area contributed by atoms with Crippen LogP contribution < -0.4 is 0 Å². The number of hydrogen-bond acceptors (Lipinski definition) is 4. The molecule has 0 spiro atoms. The molecule has 262 valence electrons. The highest BCUT2D eigenvalue weighted by Crippen LogP contribution is 2.39. The van der Waals surface area contributed by atoms with E-state index in [1.54, 1.807) is 34.9 Å². The maximum Gasteiger partial charge on any atom is 0.164 e. The van der Waals surface area contributed by atoms with Crippen LogP contribution in [0.5, 0.6) is 0 Å². The number of benzene rings is 8. The summed E-state index contributed by atoms with van der Waals surface area (Å²) in [6.07, 6.45) is 0. The van der Waals surface area contributed by atoms with Gasteiger partial charge in [-0.2, -0.15) is 0 Å². The monoisotopic (exact) mass is 725 g/mol. The summed E-state index contributed by atoms with van der Waals surface area (Å²) in [6.45, 7) is 0. The number of nitrogens with zero attached hydrogens (tertiary/aromatic N) is 4. The molecule has 8 aromatic carbocycles. The van der Waals surface area contributed by atoms with E-state index in [0.29, 0.717) is 45.2 Å². The van der Waals surface area contributed by atoms with Crippen LogP contribution in [-0.4, -0.2) is 19.5 Å². The van der Waals surface area contributed by atoms with Crippen LogP contribution in [0, 0.1) is 0 Å². The molecule has 11 rings (SSSR count). The Hall–Kier alpha value is -7.63. The molecule has 0 saturated carbocycles. The van der Waals surface area contributed by atoms with E-state index in [1.807, 2.05) is 97.1 Å². The van der Waals surface area contributed by atoms with Crippen molar-refractivity contribution < 1.29 is 16.8 Å². The zero-order chi connectivity index (χ0) is 44.8. The fourth-order valence-electron chi connectivity index (χ4n) is 7.53.